The zero-order valence-electron chi connectivity index (χ0n) is 10.1. The molecule has 1 aromatic carbocycles. The maximum absolute atomic E-state index is 12.0. The molecule has 1 heterocycles. The van der Waals surface area contributed by atoms with Crippen molar-refractivity contribution in [2.75, 3.05) is 5.73 Å². The molecule has 1 aliphatic carbocycles. The van der Waals surface area contributed by atoms with E-state index < -0.39 is 12.1 Å². The molecule has 0 bridgehead atoms. The lowest BCUT2D eigenvalue weighted by molar-refractivity contribution is 0.0853. The highest BCUT2D eigenvalue weighted by molar-refractivity contribution is 5.93. The van der Waals surface area contributed by atoms with E-state index in [1.165, 1.54) is 6.07 Å². The molecule has 0 saturated carbocycles. The molecule has 0 saturated heterocycles. The number of nitrogens with one attached hydrogen (secondary N) is 2. The second-order valence-electron chi connectivity index (χ2n) is 4.63. The third-order valence-electron chi connectivity index (χ3n) is 3.33. The summed E-state index contributed by atoms with van der Waals surface area (Å²) in [6, 6.07) is 8.75. The number of aromatic amines is 1. The number of rotatable bonds is 2. The number of amides is 1. The molecule has 0 aliphatic heterocycles. The minimum atomic E-state index is -0.610. The summed E-state index contributed by atoms with van der Waals surface area (Å²) >= 11 is 0. The average Bonchev–Trinajstić information content (AvgIpc) is 2.95. The van der Waals surface area contributed by atoms with Gasteiger partial charge in [0.25, 0.3) is 5.91 Å². The van der Waals surface area contributed by atoms with E-state index in [1.54, 1.807) is 0 Å². The van der Waals surface area contributed by atoms with Gasteiger partial charge in [-0.1, -0.05) is 24.3 Å². The molecule has 6 heteroatoms. The fraction of sp³-hybridized carbons (Fsp3) is 0.231. The molecule has 2 unspecified atom stereocenters. The molecule has 0 spiro atoms. The van der Waals surface area contributed by atoms with E-state index in [-0.39, 0.29) is 17.4 Å². The predicted octanol–water partition coefficient (Wildman–Crippen LogP) is 0.380. The van der Waals surface area contributed by atoms with Crippen molar-refractivity contribution in [3.8, 4) is 0 Å². The molecule has 6 nitrogen and oxygen atoms in total. The summed E-state index contributed by atoms with van der Waals surface area (Å²) in [5, 5.41) is 19.1. The molecule has 1 aromatic heterocycles. The predicted molar refractivity (Wildman–Crippen MR) is 69.4 cm³/mol. The van der Waals surface area contributed by atoms with Crippen molar-refractivity contribution in [2.24, 2.45) is 0 Å². The van der Waals surface area contributed by atoms with Crippen LogP contribution in [-0.2, 0) is 6.42 Å². The maximum atomic E-state index is 12.0. The van der Waals surface area contributed by atoms with Crippen molar-refractivity contribution in [1.82, 2.24) is 15.5 Å². The molecule has 98 valence electrons. The van der Waals surface area contributed by atoms with Crippen LogP contribution in [0.4, 0.5) is 5.82 Å². The van der Waals surface area contributed by atoms with Crippen LogP contribution in [-0.4, -0.2) is 27.3 Å². The zero-order valence-corrected chi connectivity index (χ0v) is 10.1. The van der Waals surface area contributed by atoms with Crippen molar-refractivity contribution >= 4 is 11.7 Å². The smallest absolute Gasteiger partial charge is 0.269 e. The second-order valence-corrected chi connectivity index (χ2v) is 4.63. The van der Waals surface area contributed by atoms with Crippen molar-refractivity contribution in [2.45, 2.75) is 18.6 Å². The number of nitrogens with two attached hydrogens (primary N) is 1. The van der Waals surface area contributed by atoms with Crippen molar-refractivity contribution in [3.63, 3.8) is 0 Å². The molecule has 2 aromatic rings. The van der Waals surface area contributed by atoms with Crippen LogP contribution < -0.4 is 11.1 Å². The van der Waals surface area contributed by atoms with Gasteiger partial charge < -0.3 is 16.2 Å². The SMILES string of the molecule is Nc1cc(C(=O)NC2c3ccccc3CC2O)[nH]n1. The Morgan fingerprint density at radius 2 is 2.26 bits per heavy atom. The van der Waals surface area contributed by atoms with Gasteiger partial charge in [0, 0.05) is 12.5 Å². The van der Waals surface area contributed by atoms with E-state index in [2.05, 4.69) is 15.5 Å². The molecule has 0 radical (unpaired) electrons. The lowest BCUT2D eigenvalue weighted by Crippen LogP contribution is -2.34. The van der Waals surface area contributed by atoms with Crippen molar-refractivity contribution in [1.29, 1.82) is 0 Å². The normalized spacial score (nSPS) is 21.1. The maximum Gasteiger partial charge on any atom is 0.269 e. The van der Waals surface area contributed by atoms with Gasteiger partial charge in [-0.25, -0.2) is 0 Å². The Morgan fingerprint density at radius 1 is 1.47 bits per heavy atom. The molecule has 1 amide bonds. The number of hydrogen-bond donors (Lipinski definition) is 4. The quantitative estimate of drug-likeness (QED) is 0.625. The summed E-state index contributed by atoms with van der Waals surface area (Å²) in [6.07, 6.45) is -0.0618. The number of carbonyl (C=O) groups excluding carboxylic acids is 1. The van der Waals surface area contributed by atoms with Gasteiger partial charge in [-0.2, -0.15) is 5.10 Å². The number of aliphatic hydroxyl groups is 1. The van der Waals surface area contributed by atoms with Crippen LogP contribution in [0.1, 0.15) is 27.7 Å². The Bertz CT molecular complexity index is 623. The number of H-pyrrole nitrogens is 1. The Labute approximate surface area is 109 Å². The molecule has 1 aliphatic rings. The first-order valence-corrected chi connectivity index (χ1v) is 6.03. The standard InChI is InChI=1S/C13H14N4O2/c14-11-6-9(16-17-11)13(19)15-12-8-4-2-1-3-7(8)5-10(12)18/h1-4,6,10,12,18H,5H2,(H,15,19)(H3,14,16,17). The molecule has 2 atom stereocenters. The number of nitrogen functional groups attached to an aromatic ring is 1. The number of aromatic nitrogens is 2. The number of hydrogen-bond acceptors (Lipinski definition) is 4. The van der Waals surface area contributed by atoms with Crippen LogP contribution in [0.15, 0.2) is 30.3 Å². The van der Waals surface area contributed by atoms with Gasteiger partial charge in [-0.3, -0.25) is 9.89 Å². The molecule has 19 heavy (non-hydrogen) atoms. The fourth-order valence-corrected chi connectivity index (χ4v) is 2.42. The number of carbonyl (C=O) groups is 1. The van der Waals surface area contributed by atoms with Crippen LogP contribution in [0.2, 0.25) is 0 Å². The molecule has 0 fully saturated rings. The minimum absolute atomic E-state index is 0.262. The number of anilines is 1. The van der Waals surface area contributed by atoms with E-state index >= 15 is 0 Å². The minimum Gasteiger partial charge on any atom is -0.390 e. The molecule has 5 N–H and O–H groups in total. The summed E-state index contributed by atoms with van der Waals surface area (Å²) in [4.78, 5) is 12.0. The lowest BCUT2D eigenvalue weighted by Gasteiger charge is -2.17. The van der Waals surface area contributed by atoms with E-state index in [0.29, 0.717) is 6.42 Å². The summed E-state index contributed by atoms with van der Waals surface area (Å²) in [7, 11) is 0. The summed E-state index contributed by atoms with van der Waals surface area (Å²) in [6.45, 7) is 0. The lowest BCUT2D eigenvalue weighted by atomic mass is 10.1. The van der Waals surface area contributed by atoms with Crippen LogP contribution in [0.3, 0.4) is 0 Å². The van der Waals surface area contributed by atoms with Crippen molar-refractivity contribution < 1.29 is 9.90 Å². The Kier molecular flexibility index (Phi) is 2.72. The van der Waals surface area contributed by atoms with Gasteiger partial charge in [0.15, 0.2) is 0 Å². The second kappa shape index (κ2) is 4.40. The average molecular weight is 258 g/mol. The third kappa shape index (κ3) is 2.06. The highest BCUT2D eigenvalue weighted by Crippen LogP contribution is 2.31. The first kappa shape index (κ1) is 11.7. The van der Waals surface area contributed by atoms with Gasteiger partial charge in [0.1, 0.15) is 11.5 Å². The van der Waals surface area contributed by atoms with Gasteiger partial charge in [0.05, 0.1) is 12.1 Å². The van der Waals surface area contributed by atoms with Crippen LogP contribution in [0.5, 0.6) is 0 Å². The van der Waals surface area contributed by atoms with Gasteiger partial charge in [-0.15, -0.1) is 0 Å². The van der Waals surface area contributed by atoms with Crippen molar-refractivity contribution in [3.05, 3.63) is 47.2 Å². The van der Waals surface area contributed by atoms with Gasteiger partial charge in [0.2, 0.25) is 0 Å². The van der Waals surface area contributed by atoms with Crippen LogP contribution >= 0.6 is 0 Å². The molecular formula is C13H14N4O2. The number of fused-ring (bicyclic) bond motifs is 1. The van der Waals surface area contributed by atoms with Gasteiger partial charge in [-0.05, 0) is 11.1 Å². The summed E-state index contributed by atoms with van der Waals surface area (Å²) in [5.41, 5.74) is 7.76. The van der Waals surface area contributed by atoms with Crippen LogP contribution in [0.25, 0.3) is 0 Å². The van der Waals surface area contributed by atoms with E-state index in [9.17, 15) is 9.90 Å². The Hall–Kier alpha value is -2.34. The molecule has 3 rings (SSSR count). The first-order chi connectivity index (χ1) is 9.15. The molecular weight excluding hydrogens is 244 g/mol. The first-order valence-electron chi connectivity index (χ1n) is 6.03. The van der Waals surface area contributed by atoms with Crippen LogP contribution in [0, 0.1) is 0 Å². The van der Waals surface area contributed by atoms with E-state index in [4.69, 9.17) is 5.73 Å². The summed E-state index contributed by atoms with van der Waals surface area (Å²) in [5.74, 6) is -0.0672. The Balaban J connectivity index is 1.82. The largest absolute Gasteiger partial charge is 0.390 e. The fourth-order valence-electron chi connectivity index (χ4n) is 2.42. The number of benzene rings is 1. The summed E-state index contributed by atoms with van der Waals surface area (Å²) < 4.78 is 0. The topological polar surface area (TPSA) is 104 Å². The zero-order chi connectivity index (χ0) is 13.4. The van der Waals surface area contributed by atoms with E-state index in [0.717, 1.165) is 11.1 Å². The number of aliphatic hydroxyl groups excluding tert-OH is 1. The Morgan fingerprint density at radius 3 is 3.00 bits per heavy atom. The third-order valence-corrected chi connectivity index (χ3v) is 3.33. The monoisotopic (exact) mass is 258 g/mol. The van der Waals surface area contributed by atoms with Gasteiger partial charge >= 0.3 is 0 Å². The highest BCUT2D eigenvalue weighted by Gasteiger charge is 2.32. The number of nitrogens with zero attached hydrogens (tertiary/aromatic N) is 1. The van der Waals surface area contributed by atoms with E-state index in [1.807, 2.05) is 24.3 Å². The highest BCUT2D eigenvalue weighted by atomic mass is 16.3.